The van der Waals surface area contributed by atoms with Gasteiger partial charge in [0.15, 0.2) is 11.3 Å². The summed E-state index contributed by atoms with van der Waals surface area (Å²) >= 11 is 0. The van der Waals surface area contributed by atoms with Crippen molar-refractivity contribution >= 4 is 22.8 Å². The van der Waals surface area contributed by atoms with Crippen molar-refractivity contribution in [3.63, 3.8) is 0 Å². The van der Waals surface area contributed by atoms with Crippen molar-refractivity contribution in [2.75, 3.05) is 12.8 Å². The van der Waals surface area contributed by atoms with E-state index in [2.05, 4.69) is 4.98 Å². The largest absolute Gasteiger partial charge is 0.464 e. The molecule has 7 heteroatoms. The van der Waals surface area contributed by atoms with E-state index in [-0.39, 0.29) is 16.9 Å². The van der Waals surface area contributed by atoms with E-state index in [1.54, 1.807) is 4.57 Å². The number of benzene rings is 2. The van der Waals surface area contributed by atoms with Gasteiger partial charge in [-0.2, -0.15) is 5.26 Å². The van der Waals surface area contributed by atoms with Gasteiger partial charge in [0.05, 0.1) is 18.4 Å². The van der Waals surface area contributed by atoms with Crippen molar-refractivity contribution in [1.82, 2.24) is 9.55 Å². The number of aromatic nitrogens is 2. The average Bonchev–Trinajstić information content (AvgIpc) is 3.28. The fraction of sp³-hybridized carbons (Fsp3) is 0.136. The Kier molecular flexibility index (Phi) is 4.32. The van der Waals surface area contributed by atoms with Gasteiger partial charge in [0.2, 0.25) is 5.89 Å². The number of hydrogen-bond donors (Lipinski definition) is 1. The molecule has 4 rings (SSSR count). The lowest BCUT2D eigenvalue weighted by molar-refractivity contribution is 0.0593. The maximum Gasteiger partial charge on any atom is 0.357 e. The molecule has 0 aliphatic heterocycles. The first-order valence-electron chi connectivity index (χ1n) is 8.90. The van der Waals surface area contributed by atoms with Crippen LogP contribution in [0.25, 0.3) is 28.2 Å². The number of carbonyl (C=O) groups excluding carboxylic acids is 1. The molecule has 0 unspecified atom stereocenters. The highest BCUT2D eigenvalue weighted by molar-refractivity contribution is 5.96. The molecular formula is C22H18N4O3. The molecule has 0 fully saturated rings. The Hall–Kier alpha value is -4.05. The molecule has 0 atom stereocenters. The van der Waals surface area contributed by atoms with Crippen molar-refractivity contribution in [3.05, 3.63) is 65.0 Å². The minimum Gasteiger partial charge on any atom is -0.464 e. The number of nitriles is 1. The van der Waals surface area contributed by atoms with Crippen LogP contribution in [0, 0.1) is 25.2 Å². The number of nitrogens with two attached hydrogens (primary N) is 1. The molecule has 0 saturated carbocycles. The van der Waals surface area contributed by atoms with Crippen LogP contribution in [0.2, 0.25) is 0 Å². The van der Waals surface area contributed by atoms with E-state index >= 15 is 0 Å². The average molecular weight is 386 g/mol. The van der Waals surface area contributed by atoms with Crippen LogP contribution in [0.3, 0.4) is 0 Å². The Labute approximate surface area is 166 Å². The van der Waals surface area contributed by atoms with E-state index in [0.29, 0.717) is 17.2 Å². The zero-order valence-electron chi connectivity index (χ0n) is 16.2. The van der Waals surface area contributed by atoms with Gasteiger partial charge < -0.3 is 19.5 Å². The maximum atomic E-state index is 12.3. The van der Waals surface area contributed by atoms with Crippen molar-refractivity contribution in [3.8, 4) is 23.2 Å². The molecule has 0 bridgehead atoms. The highest BCUT2D eigenvalue weighted by Crippen LogP contribution is 2.31. The van der Waals surface area contributed by atoms with E-state index < -0.39 is 5.97 Å². The predicted molar refractivity (Wildman–Crippen MR) is 109 cm³/mol. The molecule has 144 valence electrons. The number of oxazole rings is 1. The molecular weight excluding hydrogens is 368 g/mol. The number of aryl methyl sites for hydroxylation is 2. The van der Waals surface area contributed by atoms with Gasteiger partial charge in [-0.15, -0.1) is 0 Å². The summed E-state index contributed by atoms with van der Waals surface area (Å²) in [6, 6.07) is 13.5. The van der Waals surface area contributed by atoms with Gasteiger partial charge in [0, 0.05) is 17.4 Å². The fourth-order valence-electron chi connectivity index (χ4n) is 3.26. The van der Waals surface area contributed by atoms with E-state index in [1.165, 1.54) is 13.3 Å². The molecule has 0 radical (unpaired) electrons. The van der Waals surface area contributed by atoms with Crippen LogP contribution >= 0.6 is 0 Å². The lowest BCUT2D eigenvalue weighted by Gasteiger charge is -2.12. The molecule has 2 aromatic carbocycles. The highest BCUT2D eigenvalue weighted by atomic mass is 16.5. The molecule has 4 aromatic rings. The number of carbonyl (C=O) groups is 1. The first-order chi connectivity index (χ1) is 13.9. The lowest BCUT2D eigenvalue weighted by Crippen LogP contribution is -2.11. The molecule has 0 aliphatic rings. The van der Waals surface area contributed by atoms with Gasteiger partial charge in [-0.1, -0.05) is 12.1 Å². The zero-order chi connectivity index (χ0) is 20.7. The smallest absolute Gasteiger partial charge is 0.357 e. The van der Waals surface area contributed by atoms with Gasteiger partial charge in [0.25, 0.3) is 0 Å². The third kappa shape index (κ3) is 3.01. The Balaban J connectivity index is 1.90. The highest BCUT2D eigenvalue weighted by Gasteiger charge is 2.23. The first-order valence-corrected chi connectivity index (χ1v) is 8.90. The van der Waals surface area contributed by atoms with E-state index in [0.717, 1.165) is 22.2 Å². The normalized spacial score (nSPS) is 10.8. The summed E-state index contributed by atoms with van der Waals surface area (Å²) in [6.45, 7) is 3.89. The summed E-state index contributed by atoms with van der Waals surface area (Å²) in [5, 5.41) is 9.34. The third-order valence-corrected chi connectivity index (χ3v) is 4.80. The van der Waals surface area contributed by atoms with Crippen LogP contribution in [0.1, 0.15) is 27.2 Å². The molecule has 2 N–H and O–H groups in total. The maximum absolute atomic E-state index is 12.3. The van der Waals surface area contributed by atoms with Gasteiger partial charge in [-0.25, -0.2) is 9.78 Å². The molecule has 0 aliphatic carbocycles. The Morgan fingerprint density at radius 3 is 2.76 bits per heavy atom. The molecule has 2 heterocycles. The number of esters is 1. The number of methoxy groups -OCH3 is 1. The van der Waals surface area contributed by atoms with E-state index in [4.69, 9.17) is 14.9 Å². The van der Waals surface area contributed by atoms with Crippen molar-refractivity contribution < 1.29 is 13.9 Å². The molecule has 2 aromatic heterocycles. The molecule has 0 saturated heterocycles. The molecule has 7 nitrogen and oxygen atoms in total. The number of nitrogen functional groups attached to an aromatic ring is 1. The van der Waals surface area contributed by atoms with Gasteiger partial charge in [-0.05, 0) is 49.2 Å². The van der Waals surface area contributed by atoms with Gasteiger partial charge in [-0.3, -0.25) is 0 Å². The van der Waals surface area contributed by atoms with Crippen molar-refractivity contribution in [1.29, 1.82) is 5.26 Å². The van der Waals surface area contributed by atoms with Crippen molar-refractivity contribution in [2.45, 2.75) is 13.8 Å². The summed E-state index contributed by atoms with van der Waals surface area (Å²) < 4.78 is 12.4. The van der Waals surface area contributed by atoms with Crippen LogP contribution in [-0.4, -0.2) is 22.6 Å². The molecule has 0 spiro atoms. The topological polar surface area (TPSA) is 107 Å². The summed E-state index contributed by atoms with van der Waals surface area (Å²) in [7, 11) is 1.27. The van der Waals surface area contributed by atoms with Gasteiger partial charge >= 0.3 is 5.97 Å². The summed E-state index contributed by atoms with van der Waals surface area (Å²) in [6.07, 6.45) is 1.53. The van der Waals surface area contributed by atoms with E-state index in [1.807, 2.05) is 56.3 Å². The third-order valence-electron chi connectivity index (χ3n) is 4.80. The zero-order valence-corrected chi connectivity index (χ0v) is 16.2. The number of hydrogen-bond acceptors (Lipinski definition) is 6. The number of ether oxygens (including phenoxy) is 1. The van der Waals surface area contributed by atoms with Gasteiger partial charge in [0.1, 0.15) is 11.6 Å². The van der Waals surface area contributed by atoms with Crippen LogP contribution < -0.4 is 5.73 Å². The second kappa shape index (κ2) is 6.84. The minimum atomic E-state index is -0.619. The second-order valence-corrected chi connectivity index (χ2v) is 6.77. The number of fused-ring (bicyclic) bond motifs is 1. The van der Waals surface area contributed by atoms with Crippen LogP contribution in [0.15, 0.2) is 47.0 Å². The first kappa shape index (κ1) is 18.3. The molecule has 29 heavy (non-hydrogen) atoms. The monoisotopic (exact) mass is 386 g/mol. The standard InChI is InChI=1S/C22H18N4O3/c1-12-4-7-16-18(8-12)29-21(25-16)14-6-5-13(2)17(9-14)26-11-15(10-23)19(24)20(26)22(27)28-3/h4-9,11H,24H2,1-3H3. The van der Waals surface area contributed by atoms with Crippen LogP contribution in [-0.2, 0) is 4.74 Å². The Morgan fingerprint density at radius 2 is 2.03 bits per heavy atom. The van der Waals surface area contributed by atoms with E-state index in [9.17, 15) is 10.1 Å². The summed E-state index contributed by atoms with van der Waals surface area (Å²) in [4.78, 5) is 16.9. The van der Waals surface area contributed by atoms with Crippen LogP contribution in [0.5, 0.6) is 0 Å². The molecule has 0 amide bonds. The minimum absolute atomic E-state index is 0.0847. The number of rotatable bonds is 3. The summed E-state index contributed by atoms with van der Waals surface area (Å²) in [5.41, 5.74) is 11.3. The quantitative estimate of drug-likeness (QED) is 0.530. The number of nitrogens with zero attached hydrogens (tertiary/aromatic N) is 3. The fourth-order valence-corrected chi connectivity index (χ4v) is 3.26. The SMILES string of the molecule is COC(=O)c1c(N)c(C#N)cn1-c1cc(-c2nc3ccc(C)cc3o2)ccc1C. The summed E-state index contributed by atoms with van der Waals surface area (Å²) in [5.74, 6) is -0.154. The van der Waals surface area contributed by atoms with Crippen molar-refractivity contribution in [2.24, 2.45) is 0 Å². The second-order valence-electron chi connectivity index (χ2n) is 6.77. The lowest BCUT2D eigenvalue weighted by atomic mass is 10.1. The Morgan fingerprint density at radius 1 is 1.24 bits per heavy atom. The predicted octanol–water partition coefficient (Wildman–Crippen LogP) is 4.14. The number of anilines is 1. The Bertz CT molecular complexity index is 1310. The van der Waals surface area contributed by atoms with Crippen LogP contribution in [0.4, 0.5) is 5.69 Å².